The van der Waals surface area contributed by atoms with Gasteiger partial charge in [-0.05, 0) is 45.2 Å². The summed E-state index contributed by atoms with van der Waals surface area (Å²) in [7, 11) is 0. The third-order valence-corrected chi connectivity index (χ3v) is 2.56. The van der Waals surface area contributed by atoms with Crippen molar-refractivity contribution >= 4 is 12.1 Å². The number of nitrogens with zero attached hydrogens (tertiary/aromatic N) is 1. The maximum Gasteiger partial charge on any atom is 0.407 e. The second-order valence-corrected chi connectivity index (χ2v) is 4.76. The van der Waals surface area contributed by atoms with Crippen LogP contribution in [0.2, 0.25) is 0 Å². The molecule has 0 unspecified atom stereocenters. The average Bonchev–Trinajstić information content (AvgIpc) is 2.44. The van der Waals surface area contributed by atoms with Crippen LogP contribution in [0.15, 0.2) is 18.3 Å². The van der Waals surface area contributed by atoms with Crippen LogP contribution in [-0.2, 0) is 15.9 Å². The van der Waals surface area contributed by atoms with Crippen molar-refractivity contribution in [3.05, 3.63) is 29.6 Å². The van der Waals surface area contributed by atoms with E-state index in [0.29, 0.717) is 18.8 Å². The van der Waals surface area contributed by atoms with Crippen molar-refractivity contribution in [3.8, 4) is 0 Å². The highest BCUT2D eigenvalue weighted by atomic mass is 16.6. The van der Waals surface area contributed by atoms with E-state index in [1.165, 1.54) is 0 Å². The molecule has 6 nitrogen and oxygen atoms in total. The summed E-state index contributed by atoms with van der Waals surface area (Å²) >= 11 is 0. The van der Waals surface area contributed by atoms with E-state index in [4.69, 9.17) is 9.47 Å². The zero-order valence-corrected chi connectivity index (χ0v) is 12.7. The molecule has 1 heterocycles. The molecule has 0 bridgehead atoms. The number of aryl methyl sites for hydroxylation is 1. The minimum Gasteiger partial charge on any atom is -0.461 e. The molecule has 1 rings (SSSR count). The second-order valence-electron chi connectivity index (χ2n) is 4.76. The fourth-order valence-corrected chi connectivity index (χ4v) is 1.64. The Morgan fingerprint density at radius 3 is 2.67 bits per heavy atom. The summed E-state index contributed by atoms with van der Waals surface area (Å²) in [5.41, 5.74) is 1.31. The Hall–Kier alpha value is -2.11. The van der Waals surface area contributed by atoms with E-state index in [9.17, 15) is 9.59 Å². The lowest BCUT2D eigenvalue weighted by Crippen LogP contribution is -2.27. The molecule has 0 radical (unpaired) electrons. The minimum atomic E-state index is -0.415. The molecular formula is C15H22N2O4. The van der Waals surface area contributed by atoms with Crippen LogP contribution < -0.4 is 5.32 Å². The lowest BCUT2D eigenvalue weighted by atomic mass is 10.1. The normalized spacial score (nSPS) is 10.3. The first kappa shape index (κ1) is 16.9. The summed E-state index contributed by atoms with van der Waals surface area (Å²) in [6.07, 6.45) is 2.66. The van der Waals surface area contributed by atoms with E-state index in [0.717, 1.165) is 18.4 Å². The molecule has 0 saturated carbocycles. The Kier molecular flexibility index (Phi) is 7.21. The molecule has 0 atom stereocenters. The molecule has 0 aliphatic carbocycles. The first-order valence-corrected chi connectivity index (χ1v) is 7.09. The average molecular weight is 294 g/mol. The van der Waals surface area contributed by atoms with Crippen LogP contribution in [-0.4, -0.2) is 36.3 Å². The molecule has 0 spiro atoms. The molecule has 1 amide bonds. The number of carbonyl (C=O) groups excluding carboxylic acids is 2. The maximum atomic E-state index is 11.4. The predicted molar refractivity (Wildman–Crippen MR) is 78.1 cm³/mol. The molecular weight excluding hydrogens is 272 g/mol. The highest BCUT2D eigenvalue weighted by molar-refractivity contribution is 5.87. The molecule has 0 saturated heterocycles. The number of esters is 1. The van der Waals surface area contributed by atoms with E-state index in [1.54, 1.807) is 33.0 Å². The quantitative estimate of drug-likeness (QED) is 0.617. The monoisotopic (exact) mass is 294 g/mol. The van der Waals surface area contributed by atoms with Crippen LogP contribution in [0.3, 0.4) is 0 Å². The van der Waals surface area contributed by atoms with Gasteiger partial charge in [0.25, 0.3) is 0 Å². The van der Waals surface area contributed by atoms with Gasteiger partial charge in [-0.15, -0.1) is 0 Å². The van der Waals surface area contributed by atoms with Crippen molar-refractivity contribution in [2.45, 2.75) is 39.7 Å². The van der Waals surface area contributed by atoms with Crippen molar-refractivity contribution in [3.63, 3.8) is 0 Å². The third-order valence-electron chi connectivity index (χ3n) is 2.56. The number of ether oxygens (including phenoxy) is 2. The van der Waals surface area contributed by atoms with Gasteiger partial charge in [-0.25, -0.2) is 14.6 Å². The van der Waals surface area contributed by atoms with E-state index in [1.807, 2.05) is 6.07 Å². The van der Waals surface area contributed by atoms with Crippen molar-refractivity contribution in [1.29, 1.82) is 0 Å². The van der Waals surface area contributed by atoms with Crippen molar-refractivity contribution in [2.75, 3.05) is 13.2 Å². The summed E-state index contributed by atoms with van der Waals surface area (Å²) in [4.78, 5) is 26.7. The van der Waals surface area contributed by atoms with Crippen molar-refractivity contribution < 1.29 is 19.1 Å². The van der Waals surface area contributed by atoms with Gasteiger partial charge in [-0.1, -0.05) is 6.07 Å². The Morgan fingerprint density at radius 2 is 2.10 bits per heavy atom. The van der Waals surface area contributed by atoms with Gasteiger partial charge < -0.3 is 14.8 Å². The zero-order valence-electron chi connectivity index (χ0n) is 12.7. The van der Waals surface area contributed by atoms with Crippen LogP contribution in [0, 0.1) is 0 Å². The van der Waals surface area contributed by atoms with Crippen molar-refractivity contribution in [2.24, 2.45) is 0 Å². The van der Waals surface area contributed by atoms with Crippen molar-refractivity contribution in [1.82, 2.24) is 10.3 Å². The van der Waals surface area contributed by atoms with Gasteiger partial charge in [-0.3, -0.25) is 0 Å². The molecule has 0 aliphatic rings. The highest BCUT2D eigenvalue weighted by Crippen LogP contribution is 2.04. The smallest absolute Gasteiger partial charge is 0.407 e. The molecule has 0 aliphatic heterocycles. The third kappa shape index (κ3) is 6.74. The van der Waals surface area contributed by atoms with E-state index < -0.39 is 12.1 Å². The van der Waals surface area contributed by atoms with E-state index in [2.05, 4.69) is 10.3 Å². The first-order valence-electron chi connectivity index (χ1n) is 7.09. The lowest BCUT2D eigenvalue weighted by Gasteiger charge is -2.09. The van der Waals surface area contributed by atoms with Crippen LogP contribution in [0.5, 0.6) is 0 Å². The molecule has 0 aromatic carbocycles. The maximum absolute atomic E-state index is 11.4. The Labute approximate surface area is 124 Å². The number of rotatable bonds is 7. The molecule has 1 aromatic rings. The van der Waals surface area contributed by atoms with Gasteiger partial charge in [0, 0.05) is 12.7 Å². The van der Waals surface area contributed by atoms with Crippen LogP contribution in [0.25, 0.3) is 0 Å². The van der Waals surface area contributed by atoms with Gasteiger partial charge in [0.2, 0.25) is 0 Å². The molecule has 6 heteroatoms. The predicted octanol–water partition coefficient (Wildman–Crippen LogP) is 2.33. The number of hydrogen-bond acceptors (Lipinski definition) is 5. The first-order chi connectivity index (χ1) is 10.0. The van der Waals surface area contributed by atoms with Crippen LogP contribution >= 0.6 is 0 Å². The summed E-state index contributed by atoms with van der Waals surface area (Å²) < 4.78 is 9.82. The minimum absolute atomic E-state index is 0.121. The number of nitrogens with one attached hydrogen (secondary N) is 1. The van der Waals surface area contributed by atoms with Crippen LogP contribution in [0.1, 0.15) is 43.2 Å². The van der Waals surface area contributed by atoms with E-state index >= 15 is 0 Å². The number of pyridine rings is 1. The summed E-state index contributed by atoms with van der Waals surface area (Å²) in [6, 6.07) is 3.49. The number of carbonyl (C=O) groups is 2. The van der Waals surface area contributed by atoms with Gasteiger partial charge in [0.05, 0.1) is 12.7 Å². The fourth-order valence-electron chi connectivity index (χ4n) is 1.64. The Morgan fingerprint density at radius 1 is 1.33 bits per heavy atom. The van der Waals surface area contributed by atoms with Gasteiger partial charge in [-0.2, -0.15) is 0 Å². The molecule has 116 valence electrons. The topological polar surface area (TPSA) is 77.5 Å². The molecule has 21 heavy (non-hydrogen) atoms. The zero-order chi connectivity index (χ0) is 15.7. The fraction of sp³-hybridized carbons (Fsp3) is 0.533. The standard InChI is InChI=1S/C15H22N2O4/c1-4-20-14(18)13-8-7-12(10-17-13)6-5-9-16-15(19)21-11(2)3/h7-8,10-11H,4-6,9H2,1-3H3,(H,16,19). The lowest BCUT2D eigenvalue weighted by molar-refractivity contribution is 0.0519. The summed E-state index contributed by atoms with van der Waals surface area (Å²) in [6.45, 7) is 6.22. The Bertz CT molecular complexity index is 457. The number of amides is 1. The SMILES string of the molecule is CCOC(=O)c1ccc(CCCNC(=O)OC(C)C)cn1. The summed E-state index contributed by atoms with van der Waals surface area (Å²) in [5.74, 6) is -0.415. The van der Waals surface area contributed by atoms with Gasteiger partial charge in [0.1, 0.15) is 5.69 Å². The number of hydrogen-bond donors (Lipinski definition) is 1. The van der Waals surface area contributed by atoms with Gasteiger partial charge in [0.15, 0.2) is 0 Å². The summed E-state index contributed by atoms with van der Waals surface area (Å²) in [5, 5.41) is 2.67. The number of aromatic nitrogens is 1. The van der Waals surface area contributed by atoms with E-state index in [-0.39, 0.29) is 6.10 Å². The Balaban J connectivity index is 2.30. The molecule has 1 N–H and O–H groups in total. The molecule has 0 fully saturated rings. The van der Waals surface area contributed by atoms with Crippen LogP contribution in [0.4, 0.5) is 4.79 Å². The van der Waals surface area contributed by atoms with Gasteiger partial charge >= 0.3 is 12.1 Å². The largest absolute Gasteiger partial charge is 0.461 e. The molecule has 1 aromatic heterocycles. The second kappa shape index (κ2) is 8.94. The number of alkyl carbamates (subject to hydrolysis) is 1. The highest BCUT2D eigenvalue weighted by Gasteiger charge is 2.07.